The van der Waals surface area contributed by atoms with Crippen LogP contribution in [0, 0.1) is 0 Å². The predicted molar refractivity (Wildman–Crippen MR) is 79.2 cm³/mol. The molecule has 20 heavy (non-hydrogen) atoms. The minimum Gasteiger partial charge on any atom is -0.310 e. The van der Waals surface area contributed by atoms with Crippen LogP contribution in [0.2, 0.25) is 0 Å². The zero-order valence-electron chi connectivity index (χ0n) is 11.2. The number of sulfone groups is 1. The van der Waals surface area contributed by atoms with Crippen LogP contribution in [-0.4, -0.2) is 51.2 Å². The molecule has 0 radical (unpaired) electrons. The number of hydrogen-bond acceptors (Lipinski definition) is 4. The molecule has 6 heteroatoms. The number of nitrogens with zero attached hydrogens (tertiary/aromatic N) is 2. The first-order valence-electron chi connectivity index (χ1n) is 6.45. The molecule has 0 aromatic heterocycles. The molecular weight excluding hydrogens is 276 g/mol. The van der Waals surface area contributed by atoms with Crippen LogP contribution in [0.3, 0.4) is 0 Å². The molecule has 2 rings (SSSR count). The van der Waals surface area contributed by atoms with Crippen molar-refractivity contribution in [3.05, 3.63) is 42.3 Å². The first-order valence-corrected chi connectivity index (χ1v) is 8.16. The smallest absolute Gasteiger partial charge is 0.241 e. The third-order valence-electron chi connectivity index (χ3n) is 3.31. The lowest BCUT2D eigenvalue weighted by atomic mass is 10.2. The summed E-state index contributed by atoms with van der Waals surface area (Å²) in [4.78, 5) is 15.7. The van der Waals surface area contributed by atoms with Crippen molar-refractivity contribution in [1.82, 2.24) is 4.90 Å². The molecule has 1 aromatic carbocycles. The van der Waals surface area contributed by atoms with Crippen molar-refractivity contribution in [2.24, 2.45) is 0 Å². The van der Waals surface area contributed by atoms with E-state index in [2.05, 4.69) is 6.58 Å². The maximum absolute atomic E-state index is 12.1. The molecule has 0 bridgehead atoms. The van der Waals surface area contributed by atoms with Crippen LogP contribution in [0.15, 0.2) is 42.3 Å². The average Bonchev–Trinajstić information content (AvgIpc) is 2.46. The van der Waals surface area contributed by atoms with Crippen LogP contribution in [0.1, 0.15) is 0 Å². The molecule has 108 valence electrons. The molecule has 1 aromatic rings. The van der Waals surface area contributed by atoms with Gasteiger partial charge in [0.15, 0.2) is 9.84 Å². The van der Waals surface area contributed by atoms with E-state index in [9.17, 15) is 13.2 Å². The lowest BCUT2D eigenvalue weighted by Gasteiger charge is -2.34. The van der Waals surface area contributed by atoms with Crippen LogP contribution in [0.25, 0.3) is 0 Å². The quantitative estimate of drug-likeness (QED) is 0.809. The highest BCUT2D eigenvalue weighted by Crippen LogP contribution is 2.16. The molecule has 1 heterocycles. The number of amides is 1. The van der Waals surface area contributed by atoms with Gasteiger partial charge in [0.1, 0.15) is 0 Å². The van der Waals surface area contributed by atoms with E-state index in [-0.39, 0.29) is 18.2 Å². The summed E-state index contributed by atoms with van der Waals surface area (Å²) in [5.74, 6) is 0.00761. The van der Waals surface area contributed by atoms with Crippen molar-refractivity contribution >= 4 is 21.4 Å². The van der Waals surface area contributed by atoms with E-state index in [1.54, 1.807) is 4.90 Å². The van der Waals surface area contributed by atoms with Crippen LogP contribution >= 0.6 is 0 Å². The first kappa shape index (κ1) is 14.7. The highest BCUT2D eigenvalue weighted by molar-refractivity contribution is 7.94. The summed E-state index contributed by atoms with van der Waals surface area (Å²) in [6.45, 7) is 5.15. The molecule has 0 N–H and O–H groups in total. The van der Waals surface area contributed by atoms with Gasteiger partial charge in [-0.1, -0.05) is 24.8 Å². The van der Waals surface area contributed by atoms with Crippen LogP contribution in [0.4, 0.5) is 5.69 Å². The van der Waals surface area contributed by atoms with Crippen molar-refractivity contribution in [1.29, 1.82) is 0 Å². The summed E-state index contributed by atoms with van der Waals surface area (Å²) >= 11 is 0. The van der Waals surface area contributed by atoms with E-state index < -0.39 is 9.84 Å². The highest BCUT2D eigenvalue weighted by Gasteiger charge is 2.25. The molecule has 1 aliphatic heterocycles. The topological polar surface area (TPSA) is 57.7 Å². The second-order valence-corrected chi connectivity index (χ2v) is 6.76. The molecule has 1 fully saturated rings. The van der Waals surface area contributed by atoms with Crippen LogP contribution < -0.4 is 4.90 Å². The van der Waals surface area contributed by atoms with Crippen molar-refractivity contribution < 1.29 is 13.2 Å². The Morgan fingerprint density at radius 1 is 1.20 bits per heavy atom. The van der Waals surface area contributed by atoms with E-state index in [0.717, 1.165) is 11.1 Å². The van der Waals surface area contributed by atoms with Gasteiger partial charge in [-0.15, -0.1) is 0 Å². The Morgan fingerprint density at radius 2 is 1.90 bits per heavy atom. The third-order valence-corrected chi connectivity index (χ3v) is 4.57. The molecule has 0 spiro atoms. The van der Waals surface area contributed by atoms with Crippen molar-refractivity contribution in [3.63, 3.8) is 0 Å². The average molecular weight is 294 g/mol. The fraction of sp³-hybridized carbons (Fsp3) is 0.357. The fourth-order valence-corrected chi connectivity index (χ4v) is 2.81. The van der Waals surface area contributed by atoms with Crippen LogP contribution in [-0.2, 0) is 14.6 Å². The van der Waals surface area contributed by atoms with Crippen LogP contribution in [0.5, 0.6) is 0 Å². The number of hydrogen-bond donors (Lipinski definition) is 0. The Hall–Kier alpha value is -1.66. The maximum Gasteiger partial charge on any atom is 0.241 e. The molecule has 1 saturated heterocycles. The summed E-state index contributed by atoms with van der Waals surface area (Å²) in [7, 11) is -3.20. The van der Waals surface area contributed by atoms with E-state index in [4.69, 9.17) is 0 Å². The zero-order valence-corrected chi connectivity index (χ0v) is 12.1. The number of benzene rings is 1. The molecular formula is C14H18N2O3S. The number of carbonyl (C=O) groups excluding carboxylic acids is 1. The van der Waals surface area contributed by atoms with Gasteiger partial charge in [-0.25, -0.2) is 8.42 Å². The minimum absolute atomic E-state index is 0.00143. The van der Waals surface area contributed by atoms with Crippen molar-refractivity contribution in [2.45, 2.75) is 0 Å². The lowest BCUT2D eigenvalue weighted by Crippen LogP contribution is -2.51. The van der Waals surface area contributed by atoms with Gasteiger partial charge < -0.3 is 4.90 Å². The second-order valence-electron chi connectivity index (χ2n) is 4.69. The van der Waals surface area contributed by atoms with Gasteiger partial charge in [-0.3, -0.25) is 9.69 Å². The van der Waals surface area contributed by atoms with Gasteiger partial charge in [-0.05, 0) is 12.1 Å². The number of carbonyl (C=O) groups is 1. The molecule has 1 aliphatic rings. The molecule has 0 unspecified atom stereocenters. The highest BCUT2D eigenvalue weighted by atomic mass is 32.2. The van der Waals surface area contributed by atoms with E-state index in [1.807, 2.05) is 35.2 Å². The third kappa shape index (κ3) is 3.68. The van der Waals surface area contributed by atoms with Gasteiger partial charge in [0, 0.05) is 30.7 Å². The predicted octanol–water partition coefficient (Wildman–Crippen LogP) is 0.893. The monoisotopic (exact) mass is 294 g/mol. The van der Waals surface area contributed by atoms with Gasteiger partial charge >= 0.3 is 0 Å². The van der Waals surface area contributed by atoms with Gasteiger partial charge in [0.05, 0.1) is 12.3 Å². The van der Waals surface area contributed by atoms with Gasteiger partial charge in [0.2, 0.25) is 5.91 Å². The largest absolute Gasteiger partial charge is 0.310 e. The second kappa shape index (κ2) is 6.19. The molecule has 0 saturated carbocycles. The molecule has 0 aliphatic carbocycles. The lowest BCUT2D eigenvalue weighted by molar-refractivity contribution is -0.121. The normalized spacial score (nSPS) is 17.2. The van der Waals surface area contributed by atoms with E-state index >= 15 is 0 Å². The van der Waals surface area contributed by atoms with Gasteiger partial charge in [0.25, 0.3) is 0 Å². The summed E-state index contributed by atoms with van der Waals surface area (Å²) in [5.41, 5.74) is 0.885. The van der Waals surface area contributed by atoms with E-state index in [0.29, 0.717) is 19.6 Å². The standard InChI is InChI=1S/C14H18N2O3S/c1-2-20(18,19)11-10-15-8-9-16(14(17)12-15)13-6-4-3-5-7-13/h2-7H,1,8-12H2. The first-order chi connectivity index (χ1) is 9.52. The summed E-state index contributed by atoms with van der Waals surface area (Å²) in [5, 5.41) is 0.967. The summed E-state index contributed by atoms with van der Waals surface area (Å²) in [6, 6.07) is 9.49. The Morgan fingerprint density at radius 3 is 2.50 bits per heavy atom. The number of rotatable bonds is 5. The molecule has 0 atom stereocenters. The van der Waals surface area contributed by atoms with Crippen molar-refractivity contribution in [2.75, 3.05) is 36.8 Å². The fourth-order valence-electron chi connectivity index (χ4n) is 2.13. The maximum atomic E-state index is 12.1. The Kier molecular flexibility index (Phi) is 4.57. The zero-order chi connectivity index (χ0) is 14.6. The SMILES string of the molecule is C=CS(=O)(=O)CCN1CCN(c2ccccc2)C(=O)C1. The summed E-state index contributed by atoms with van der Waals surface area (Å²) in [6.07, 6.45) is 0. The van der Waals surface area contributed by atoms with Gasteiger partial charge in [-0.2, -0.15) is 0 Å². The molecule has 1 amide bonds. The van der Waals surface area contributed by atoms with E-state index in [1.165, 1.54) is 0 Å². The number of anilines is 1. The Balaban J connectivity index is 1.93. The Labute approximate surface area is 119 Å². The van der Waals surface area contributed by atoms with Crippen molar-refractivity contribution in [3.8, 4) is 0 Å². The number of para-hydroxylation sites is 1. The molecule has 5 nitrogen and oxygen atoms in total. The summed E-state index contributed by atoms with van der Waals surface area (Å²) < 4.78 is 22.7. The Bertz CT molecular complexity index is 584. The minimum atomic E-state index is -3.20. The number of piperazine rings is 1.